The minimum atomic E-state index is -0.119. The van der Waals surface area contributed by atoms with E-state index in [4.69, 9.17) is 0 Å². The van der Waals surface area contributed by atoms with E-state index in [1.165, 1.54) is 34.5 Å². The lowest BCUT2D eigenvalue weighted by atomic mass is 9.84. The highest BCUT2D eigenvalue weighted by molar-refractivity contribution is 7.14. The van der Waals surface area contributed by atoms with Gasteiger partial charge in [0.15, 0.2) is 0 Å². The smallest absolute Gasteiger partial charge is 0.281 e. The Hall–Kier alpha value is -2.40. The number of para-hydroxylation sites is 1. The minimum Gasteiger partial charge on any atom is -0.347 e. The molecule has 0 bridgehead atoms. The highest BCUT2D eigenvalue weighted by atomic mass is 32.1. The summed E-state index contributed by atoms with van der Waals surface area (Å²) in [6.07, 6.45) is 8.32. The number of hydrazone groups is 1. The van der Waals surface area contributed by atoms with Gasteiger partial charge in [0.25, 0.3) is 5.91 Å². The Kier molecular flexibility index (Phi) is 4.64. The number of benzene rings is 1. The fourth-order valence-electron chi connectivity index (χ4n) is 4.16. The molecule has 0 saturated carbocycles. The zero-order valence-electron chi connectivity index (χ0n) is 16.1. The number of carbonyl (C=O) groups is 1. The van der Waals surface area contributed by atoms with Crippen molar-refractivity contribution in [2.75, 3.05) is 11.9 Å². The van der Waals surface area contributed by atoms with Crippen molar-refractivity contribution < 1.29 is 4.79 Å². The average molecular weight is 380 g/mol. The first-order chi connectivity index (χ1) is 13.0. The zero-order valence-corrected chi connectivity index (χ0v) is 16.9. The summed E-state index contributed by atoms with van der Waals surface area (Å²) >= 11 is 1.61. The van der Waals surface area contributed by atoms with Crippen molar-refractivity contribution in [1.82, 2.24) is 5.43 Å². The third-order valence-corrected chi connectivity index (χ3v) is 6.87. The summed E-state index contributed by atoms with van der Waals surface area (Å²) in [6, 6.07) is 10.5. The van der Waals surface area contributed by atoms with Crippen LogP contribution < -0.4 is 10.3 Å². The summed E-state index contributed by atoms with van der Waals surface area (Å²) in [7, 11) is 2.07. The first-order valence-electron chi connectivity index (χ1n) is 9.47. The molecule has 0 unspecified atom stereocenters. The Bertz CT molecular complexity index is 915. The van der Waals surface area contributed by atoms with Gasteiger partial charge in [-0.05, 0) is 55.0 Å². The van der Waals surface area contributed by atoms with E-state index >= 15 is 0 Å². The van der Waals surface area contributed by atoms with Crippen molar-refractivity contribution in [3.8, 4) is 0 Å². The molecular weight excluding hydrogens is 354 g/mol. The molecule has 0 saturated heterocycles. The van der Waals surface area contributed by atoms with Crippen molar-refractivity contribution in [2.45, 2.75) is 44.9 Å². The van der Waals surface area contributed by atoms with Gasteiger partial charge in [-0.15, -0.1) is 11.3 Å². The van der Waals surface area contributed by atoms with Gasteiger partial charge in [-0.1, -0.05) is 32.0 Å². The number of nitrogens with one attached hydrogen (secondary N) is 1. The van der Waals surface area contributed by atoms with Crippen LogP contribution in [-0.4, -0.2) is 19.2 Å². The van der Waals surface area contributed by atoms with E-state index in [-0.39, 0.29) is 11.3 Å². The Balaban J connectivity index is 1.46. The number of likely N-dealkylation sites (N-methyl/N-ethyl adjacent to an activating group) is 1. The highest BCUT2D eigenvalue weighted by Gasteiger charge is 2.37. The predicted octanol–water partition coefficient (Wildman–Crippen LogP) is 4.65. The fourth-order valence-corrected chi connectivity index (χ4v) is 5.31. The fraction of sp³-hybridized carbons (Fsp3) is 0.364. The van der Waals surface area contributed by atoms with Gasteiger partial charge < -0.3 is 4.90 Å². The maximum absolute atomic E-state index is 12.4. The van der Waals surface area contributed by atoms with Gasteiger partial charge in [-0.2, -0.15) is 5.10 Å². The van der Waals surface area contributed by atoms with Crippen molar-refractivity contribution in [3.05, 3.63) is 63.0 Å². The van der Waals surface area contributed by atoms with Gasteiger partial charge in [0.1, 0.15) is 0 Å². The summed E-state index contributed by atoms with van der Waals surface area (Å²) in [6.45, 7) is 4.42. The van der Waals surface area contributed by atoms with Crippen molar-refractivity contribution >= 4 is 29.1 Å². The number of hydrogen-bond donors (Lipinski definition) is 1. The SMILES string of the molecule is CN1C(=CC=NNC(=O)c2cc3c(s2)CCCC3)C(C)(C)c2ccccc21. The number of allylic oxidation sites excluding steroid dienone is 2. The second-order valence-electron chi connectivity index (χ2n) is 7.74. The van der Waals surface area contributed by atoms with Crippen LogP contribution in [0.5, 0.6) is 0 Å². The number of rotatable bonds is 3. The van der Waals surface area contributed by atoms with Crippen LogP contribution in [0.2, 0.25) is 0 Å². The van der Waals surface area contributed by atoms with Gasteiger partial charge in [0, 0.05) is 34.9 Å². The molecule has 0 radical (unpaired) electrons. The van der Waals surface area contributed by atoms with Crippen molar-refractivity contribution in [3.63, 3.8) is 0 Å². The summed E-state index contributed by atoms with van der Waals surface area (Å²) in [5, 5.41) is 4.16. The Morgan fingerprint density at radius 1 is 1.26 bits per heavy atom. The van der Waals surface area contributed by atoms with Gasteiger partial charge in [0.05, 0.1) is 4.88 Å². The first-order valence-corrected chi connectivity index (χ1v) is 10.3. The number of hydrogen-bond acceptors (Lipinski definition) is 4. The molecule has 1 aromatic carbocycles. The molecular formula is C22H25N3OS. The number of amides is 1. The number of thiophene rings is 1. The first kappa shape index (κ1) is 18.0. The third-order valence-electron chi connectivity index (χ3n) is 5.63. The molecule has 4 nitrogen and oxygen atoms in total. The van der Waals surface area contributed by atoms with Gasteiger partial charge >= 0.3 is 0 Å². The quantitative estimate of drug-likeness (QED) is 0.623. The summed E-state index contributed by atoms with van der Waals surface area (Å²) in [5.74, 6) is -0.119. The van der Waals surface area contributed by atoms with Crippen LogP contribution in [0.15, 0.2) is 47.2 Å². The molecule has 2 aliphatic rings. The molecule has 2 aromatic rings. The van der Waals surface area contributed by atoms with E-state index in [1.54, 1.807) is 17.6 Å². The van der Waals surface area contributed by atoms with E-state index in [1.807, 2.05) is 12.1 Å². The number of aryl methyl sites for hydroxylation is 2. The second-order valence-corrected chi connectivity index (χ2v) is 8.88. The minimum absolute atomic E-state index is 0.0891. The molecule has 2 heterocycles. The van der Waals surface area contributed by atoms with Crippen LogP contribution >= 0.6 is 11.3 Å². The highest BCUT2D eigenvalue weighted by Crippen LogP contribution is 2.46. The van der Waals surface area contributed by atoms with Crippen LogP contribution in [0.4, 0.5) is 5.69 Å². The molecule has 27 heavy (non-hydrogen) atoms. The van der Waals surface area contributed by atoms with E-state index in [0.717, 1.165) is 23.4 Å². The lowest BCUT2D eigenvalue weighted by Crippen LogP contribution is -2.23. The van der Waals surface area contributed by atoms with Gasteiger partial charge in [-0.25, -0.2) is 5.43 Å². The summed E-state index contributed by atoms with van der Waals surface area (Å²) in [4.78, 5) is 16.7. The lowest BCUT2D eigenvalue weighted by molar-refractivity contribution is 0.0959. The molecule has 4 rings (SSSR count). The molecule has 1 aromatic heterocycles. The molecule has 140 valence electrons. The Morgan fingerprint density at radius 2 is 2.04 bits per heavy atom. The molecule has 1 N–H and O–H groups in total. The molecule has 0 atom stereocenters. The third kappa shape index (κ3) is 3.21. The number of anilines is 1. The average Bonchev–Trinajstić information content (AvgIpc) is 3.18. The molecule has 5 heteroatoms. The number of fused-ring (bicyclic) bond motifs is 2. The zero-order chi connectivity index (χ0) is 19.0. The maximum Gasteiger partial charge on any atom is 0.281 e. The van der Waals surface area contributed by atoms with Crippen molar-refractivity contribution in [1.29, 1.82) is 0 Å². The van der Waals surface area contributed by atoms with E-state index < -0.39 is 0 Å². The molecule has 1 aliphatic carbocycles. The molecule has 0 fully saturated rings. The Morgan fingerprint density at radius 3 is 2.81 bits per heavy atom. The predicted molar refractivity (Wildman–Crippen MR) is 113 cm³/mol. The number of carbonyl (C=O) groups excluding carboxylic acids is 1. The molecule has 1 amide bonds. The van der Waals surface area contributed by atoms with Crippen LogP contribution in [0.1, 0.15) is 52.4 Å². The second kappa shape index (κ2) is 6.97. The number of nitrogens with zero attached hydrogens (tertiary/aromatic N) is 2. The molecule has 0 spiro atoms. The summed E-state index contributed by atoms with van der Waals surface area (Å²) < 4.78 is 0. The standard InChI is InChI=1S/C22H25N3OS/c1-22(2)16-9-5-6-10-17(16)25(3)20(22)12-13-23-24-21(26)19-14-15-8-4-7-11-18(15)27-19/h5-6,9-10,12-14H,4,7-8,11H2,1-3H3,(H,24,26). The Labute approximate surface area is 164 Å². The molecule has 1 aliphatic heterocycles. The monoisotopic (exact) mass is 379 g/mol. The van der Waals surface area contributed by atoms with Crippen LogP contribution in [0.3, 0.4) is 0 Å². The normalized spacial score (nSPS) is 19.4. The largest absolute Gasteiger partial charge is 0.347 e. The van der Waals surface area contributed by atoms with Gasteiger partial charge in [0.2, 0.25) is 0 Å². The van der Waals surface area contributed by atoms with Crippen LogP contribution in [0, 0.1) is 0 Å². The van der Waals surface area contributed by atoms with Gasteiger partial charge in [-0.3, -0.25) is 4.79 Å². The van der Waals surface area contributed by atoms with Crippen LogP contribution in [-0.2, 0) is 18.3 Å². The maximum atomic E-state index is 12.4. The van der Waals surface area contributed by atoms with E-state index in [9.17, 15) is 4.79 Å². The van der Waals surface area contributed by atoms with Crippen LogP contribution in [0.25, 0.3) is 0 Å². The summed E-state index contributed by atoms with van der Waals surface area (Å²) in [5.41, 5.74) is 7.61. The van der Waals surface area contributed by atoms with E-state index in [0.29, 0.717) is 0 Å². The topological polar surface area (TPSA) is 44.7 Å². The van der Waals surface area contributed by atoms with E-state index in [2.05, 4.69) is 60.6 Å². The lowest BCUT2D eigenvalue weighted by Gasteiger charge is -2.23. The van der Waals surface area contributed by atoms with Crippen molar-refractivity contribution in [2.24, 2.45) is 5.10 Å².